The predicted octanol–water partition coefficient (Wildman–Crippen LogP) is 2.90. The Morgan fingerprint density at radius 3 is 2.06 bits per heavy atom. The van der Waals surface area contributed by atoms with E-state index in [0.29, 0.717) is 0 Å². The lowest BCUT2D eigenvalue weighted by Gasteiger charge is -2.19. The summed E-state index contributed by atoms with van der Waals surface area (Å²) in [6.45, 7) is 3.96. The monoisotopic (exact) mass is 467 g/mol. The smallest absolute Gasteiger partial charge is 0.286 e. The molecule has 32 heavy (non-hydrogen) atoms. The van der Waals surface area contributed by atoms with Gasteiger partial charge in [-0.3, -0.25) is 14.9 Å². The average molecular weight is 468 g/mol. The van der Waals surface area contributed by atoms with Crippen LogP contribution in [0.25, 0.3) is 0 Å². The molecule has 0 aliphatic carbocycles. The molecule has 0 saturated heterocycles. The van der Waals surface area contributed by atoms with Gasteiger partial charge in [-0.15, -0.1) is 0 Å². The molecule has 0 saturated carbocycles. The molecule has 0 unspecified atom stereocenters. The van der Waals surface area contributed by atoms with Crippen molar-refractivity contribution in [2.75, 3.05) is 39.7 Å². The number of carbonyl (C=O) groups is 1. The van der Waals surface area contributed by atoms with Gasteiger partial charge >= 0.3 is 0 Å². The fraction of sp³-hybridized carbons (Fsp3) is 0.350. The van der Waals surface area contributed by atoms with Crippen molar-refractivity contribution in [3.05, 3.63) is 46.0 Å². The van der Waals surface area contributed by atoms with Gasteiger partial charge in [0, 0.05) is 19.2 Å². The van der Waals surface area contributed by atoms with Crippen LogP contribution in [0, 0.1) is 10.1 Å². The molecular weight excluding hydrogens is 442 g/mol. The summed E-state index contributed by atoms with van der Waals surface area (Å²) >= 11 is 0. The maximum atomic E-state index is 13.0. The number of amides is 1. The number of nitrogens with one attached hydrogen (secondary N) is 1. The second kappa shape index (κ2) is 10.3. The molecule has 1 amide bonds. The van der Waals surface area contributed by atoms with Gasteiger partial charge in [0.15, 0.2) is 11.5 Å². The minimum atomic E-state index is -3.81. The number of benzene rings is 2. The number of carbonyl (C=O) groups excluding carboxylic acids is 1. The molecule has 0 radical (unpaired) electrons. The highest BCUT2D eigenvalue weighted by atomic mass is 32.2. The van der Waals surface area contributed by atoms with Crippen LogP contribution < -0.4 is 19.5 Å². The first-order valence-corrected chi connectivity index (χ1v) is 11.0. The van der Waals surface area contributed by atoms with E-state index in [9.17, 15) is 23.3 Å². The number of nitrogens with zero attached hydrogens (tertiary/aromatic N) is 2. The van der Waals surface area contributed by atoms with Gasteiger partial charge in [-0.05, 0) is 18.2 Å². The van der Waals surface area contributed by atoms with Gasteiger partial charge in [0.05, 0.1) is 42.9 Å². The van der Waals surface area contributed by atoms with Crippen LogP contribution in [-0.4, -0.2) is 58.0 Å². The van der Waals surface area contributed by atoms with Crippen molar-refractivity contribution in [1.29, 1.82) is 0 Å². The Hall–Kier alpha value is -3.38. The third kappa shape index (κ3) is 4.92. The number of sulfonamides is 1. The minimum absolute atomic E-state index is 0.0369. The Balaban J connectivity index is 2.55. The lowest BCUT2D eigenvalue weighted by Crippen LogP contribution is -2.30. The van der Waals surface area contributed by atoms with E-state index in [0.717, 1.165) is 6.07 Å². The third-order valence-corrected chi connectivity index (χ3v) is 6.75. The topological polar surface area (TPSA) is 137 Å². The molecule has 0 heterocycles. The van der Waals surface area contributed by atoms with Gasteiger partial charge in [-0.1, -0.05) is 13.8 Å². The normalized spacial score (nSPS) is 11.2. The molecule has 0 spiro atoms. The van der Waals surface area contributed by atoms with Crippen molar-refractivity contribution in [2.45, 2.75) is 18.7 Å². The molecule has 0 atom stereocenters. The van der Waals surface area contributed by atoms with Gasteiger partial charge in [0.1, 0.15) is 11.3 Å². The summed E-state index contributed by atoms with van der Waals surface area (Å²) in [4.78, 5) is 23.7. The number of nitro groups is 1. The largest absolute Gasteiger partial charge is 0.495 e. The number of rotatable bonds is 10. The summed E-state index contributed by atoms with van der Waals surface area (Å²) in [5.74, 6) is -0.470. The number of hydrogen-bond donors (Lipinski definition) is 1. The minimum Gasteiger partial charge on any atom is -0.495 e. The summed E-state index contributed by atoms with van der Waals surface area (Å²) in [6.07, 6.45) is 0. The van der Waals surface area contributed by atoms with Crippen LogP contribution in [0.15, 0.2) is 35.2 Å². The van der Waals surface area contributed by atoms with Gasteiger partial charge in [-0.2, -0.15) is 4.31 Å². The zero-order valence-corrected chi connectivity index (χ0v) is 19.2. The maximum Gasteiger partial charge on any atom is 0.286 e. The van der Waals surface area contributed by atoms with Crippen molar-refractivity contribution in [2.24, 2.45) is 0 Å². The molecule has 2 aromatic carbocycles. The van der Waals surface area contributed by atoms with Crippen LogP contribution in [0.5, 0.6) is 17.2 Å². The summed E-state index contributed by atoms with van der Waals surface area (Å²) in [5.41, 5.74) is -0.771. The van der Waals surface area contributed by atoms with E-state index in [4.69, 9.17) is 14.2 Å². The van der Waals surface area contributed by atoms with Gasteiger partial charge in [0.2, 0.25) is 10.0 Å². The quantitative estimate of drug-likeness (QED) is 0.416. The highest BCUT2D eigenvalue weighted by Gasteiger charge is 2.27. The molecule has 12 heteroatoms. The van der Waals surface area contributed by atoms with E-state index in [1.54, 1.807) is 13.8 Å². The van der Waals surface area contributed by atoms with Crippen molar-refractivity contribution < 1.29 is 32.3 Å². The first kappa shape index (κ1) is 24.9. The molecule has 174 valence electrons. The number of methoxy groups -OCH3 is 3. The summed E-state index contributed by atoms with van der Waals surface area (Å²) in [7, 11) is 0.184. The highest BCUT2D eigenvalue weighted by Crippen LogP contribution is 2.36. The number of ether oxygens (including phenoxy) is 3. The highest BCUT2D eigenvalue weighted by molar-refractivity contribution is 7.89. The van der Waals surface area contributed by atoms with Crippen LogP contribution in [-0.2, 0) is 10.0 Å². The second-order valence-electron chi connectivity index (χ2n) is 6.39. The zero-order valence-electron chi connectivity index (χ0n) is 18.4. The van der Waals surface area contributed by atoms with E-state index in [1.807, 2.05) is 0 Å². The molecule has 2 rings (SSSR count). The lowest BCUT2D eigenvalue weighted by atomic mass is 10.1. The van der Waals surface area contributed by atoms with E-state index >= 15 is 0 Å². The first-order chi connectivity index (χ1) is 15.1. The average Bonchev–Trinajstić information content (AvgIpc) is 2.78. The Bertz CT molecular complexity index is 1110. The Labute approximate surface area is 186 Å². The fourth-order valence-corrected chi connectivity index (χ4v) is 4.53. The summed E-state index contributed by atoms with van der Waals surface area (Å²) < 4.78 is 42.4. The SMILES string of the molecule is CCN(CC)S(=O)(=O)c1ccc(OC)c(NC(=O)c2cc(OC)c(OC)cc2[N+](=O)[O-])c1. The summed E-state index contributed by atoms with van der Waals surface area (Å²) in [5, 5.41) is 14.0. The molecule has 11 nitrogen and oxygen atoms in total. The Morgan fingerprint density at radius 2 is 1.56 bits per heavy atom. The Morgan fingerprint density at radius 1 is 1.00 bits per heavy atom. The van der Waals surface area contributed by atoms with Crippen LogP contribution in [0.1, 0.15) is 24.2 Å². The molecule has 2 aromatic rings. The molecule has 0 aliphatic heterocycles. The zero-order chi connectivity index (χ0) is 24.1. The van der Waals surface area contributed by atoms with Crippen LogP contribution in [0.2, 0.25) is 0 Å². The second-order valence-corrected chi connectivity index (χ2v) is 8.32. The number of anilines is 1. The van der Waals surface area contributed by atoms with E-state index in [-0.39, 0.29) is 46.5 Å². The van der Waals surface area contributed by atoms with Crippen LogP contribution in [0.4, 0.5) is 11.4 Å². The van der Waals surface area contributed by atoms with E-state index in [2.05, 4.69) is 5.32 Å². The number of nitro benzene ring substituents is 1. The molecule has 0 aromatic heterocycles. The first-order valence-electron chi connectivity index (χ1n) is 9.54. The molecule has 1 N–H and O–H groups in total. The molecular formula is C20H25N3O8S. The van der Waals surface area contributed by atoms with Crippen molar-refractivity contribution in [1.82, 2.24) is 4.31 Å². The Kier molecular flexibility index (Phi) is 8.00. The van der Waals surface area contributed by atoms with Crippen molar-refractivity contribution in [3.8, 4) is 17.2 Å². The van der Waals surface area contributed by atoms with Gasteiger partial charge in [0.25, 0.3) is 11.6 Å². The fourth-order valence-electron chi connectivity index (χ4n) is 3.05. The third-order valence-electron chi connectivity index (χ3n) is 4.71. The molecule has 0 fully saturated rings. The predicted molar refractivity (Wildman–Crippen MR) is 117 cm³/mol. The lowest BCUT2D eigenvalue weighted by molar-refractivity contribution is -0.385. The van der Waals surface area contributed by atoms with Gasteiger partial charge in [-0.25, -0.2) is 8.42 Å². The van der Waals surface area contributed by atoms with Gasteiger partial charge < -0.3 is 19.5 Å². The molecule has 0 bridgehead atoms. The van der Waals surface area contributed by atoms with Crippen molar-refractivity contribution >= 4 is 27.3 Å². The van der Waals surface area contributed by atoms with Crippen LogP contribution >= 0.6 is 0 Å². The van der Waals surface area contributed by atoms with E-state index in [1.165, 1.54) is 49.9 Å². The van der Waals surface area contributed by atoms with E-state index < -0.39 is 26.5 Å². The summed E-state index contributed by atoms with van der Waals surface area (Å²) in [6, 6.07) is 6.26. The standard InChI is InChI=1S/C20H25N3O8S/c1-6-22(7-2)32(27,28)13-8-9-17(29-3)15(10-13)21-20(24)14-11-18(30-4)19(31-5)12-16(14)23(25)26/h8-12H,6-7H2,1-5H3,(H,21,24). The molecule has 0 aliphatic rings. The maximum absolute atomic E-state index is 13.0. The number of hydrogen-bond acceptors (Lipinski definition) is 8. The van der Waals surface area contributed by atoms with Crippen LogP contribution in [0.3, 0.4) is 0 Å². The van der Waals surface area contributed by atoms with Crippen molar-refractivity contribution in [3.63, 3.8) is 0 Å².